The lowest BCUT2D eigenvalue weighted by Gasteiger charge is -2.28. The Balaban J connectivity index is 1.82. The number of nitrogens with one attached hydrogen (secondary N) is 1. The molecule has 7 nitrogen and oxygen atoms in total. The van der Waals surface area contributed by atoms with Crippen LogP contribution in [0.25, 0.3) is 11.1 Å². The molecule has 2 rings (SSSR count). The van der Waals surface area contributed by atoms with Crippen LogP contribution in [0.4, 0.5) is 0 Å². The minimum absolute atomic E-state index is 0.145. The molecule has 0 fully saturated rings. The Morgan fingerprint density at radius 3 is 2.28 bits per heavy atom. The molecule has 0 saturated heterocycles. The summed E-state index contributed by atoms with van der Waals surface area (Å²) in [6.07, 6.45) is -1.35. The third-order valence-corrected chi connectivity index (χ3v) is 5.36. The number of nitrogens with zero attached hydrogens (tertiary/aromatic N) is 1. The van der Waals surface area contributed by atoms with Gasteiger partial charge in [0, 0.05) is 18.5 Å². The van der Waals surface area contributed by atoms with Crippen LogP contribution in [0.5, 0.6) is 5.75 Å². The molecule has 0 unspecified atom stereocenters. The van der Waals surface area contributed by atoms with Crippen LogP contribution in [0.1, 0.15) is 13.8 Å². The van der Waals surface area contributed by atoms with Crippen molar-refractivity contribution in [1.29, 1.82) is 0 Å². The number of hydrogen-bond acceptors (Lipinski definition) is 5. The van der Waals surface area contributed by atoms with Crippen LogP contribution in [0.3, 0.4) is 0 Å². The predicted octanol–water partition coefficient (Wildman–Crippen LogP) is 2.30. The van der Waals surface area contributed by atoms with E-state index in [9.17, 15) is 19.8 Å². The molecule has 0 aliphatic rings. The van der Waals surface area contributed by atoms with E-state index >= 15 is 0 Å². The molecule has 0 heterocycles. The first-order valence-electron chi connectivity index (χ1n) is 10.5. The number of hydrogen-bond donors (Lipinski definition) is 3. The summed E-state index contributed by atoms with van der Waals surface area (Å²) in [6.45, 7) is 3.77. The molecule has 32 heavy (non-hydrogen) atoms. The molecule has 0 bridgehead atoms. The molecule has 0 radical (unpaired) electrons. The van der Waals surface area contributed by atoms with Gasteiger partial charge in [-0.25, -0.2) is 0 Å². The Labute approximate surface area is 194 Å². The fourth-order valence-electron chi connectivity index (χ4n) is 2.95. The van der Waals surface area contributed by atoms with Gasteiger partial charge in [-0.3, -0.25) is 9.59 Å². The van der Waals surface area contributed by atoms with Crippen LogP contribution in [0, 0.1) is 5.41 Å². The number of aliphatic hydroxyl groups excluding tert-OH is 2. The lowest BCUT2D eigenvalue weighted by Crippen LogP contribution is -2.48. The van der Waals surface area contributed by atoms with Crippen LogP contribution in [-0.2, 0) is 9.59 Å². The number of benzene rings is 2. The van der Waals surface area contributed by atoms with Crippen LogP contribution < -0.4 is 10.1 Å². The van der Waals surface area contributed by atoms with E-state index in [0.29, 0.717) is 12.3 Å². The van der Waals surface area contributed by atoms with Gasteiger partial charge >= 0.3 is 0 Å². The predicted molar refractivity (Wildman–Crippen MR) is 125 cm³/mol. The number of carbonyl (C=O) groups excluding carboxylic acids is 2. The maximum Gasteiger partial charge on any atom is 0.249 e. The zero-order chi connectivity index (χ0) is 23.6. The van der Waals surface area contributed by atoms with E-state index in [-0.39, 0.29) is 38.1 Å². The fraction of sp³-hybridized carbons (Fsp3) is 0.417. The van der Waals surface area contributed by atoms with Gasteiger partial charge in [-0.2, -0.15) is 0 Å². The normalized spacial score (nSPS) is 12.2. The number of rotatable bonds is 12. The van der Waals surface area contributed by atoms with Crippen molar-refractivity contribution < 1.29 is 24.5 Å². The van der Waals surface area contributed by atoms with Crippen molar-refractivity contribution in [2.24, 2.45) is 5.41 Å². The number of alkyl halides is 1. The van der Waals surface area contributed by atoms with Crippen molar-refractivity contribution in [3.8, 4) is 16.9 Å². The third-order valence-electron chi connectivity index (χ3n) is 5.14. The number of halogens is 1. The van der Waals surface area contributed by atoms with E-state index < -0.39 is 17.4 Å². The van der Waals surface area contributed by atoms with Crippen LogP contribution >= 0.6 is 11.6 Å². The highest BCUT2D eigenvalue weighted by Gasteiger charge is 2.32. The van der Waals surface area contributed by atoms with E-state index in [1.807, 2.05) is 54.6 Å². The first-order chi connectivity index (χ1) is 15.3. The van der Waals surface area contributed by atoms with Crippen LogP contribution in [0.15, 0.2) is 54.6 Å². The molecule has 174 valence electrons. The minimum atomic E-state index is -1.35. The number of aliphatic hydroxyl groups is 2. The van der Waals surface area contributed by atoms with Gasteiger partial charge < -0.3 is 25.2 Å². The first-order valence-corrected chi connectivity index (χ1v) is 11.0. The molecule has 2 amide bonds. The lowest BCUT2D eigenvalue weighted by molar-refractivity contribution is -0.137. The third kappa shape index (κ3) is 7.51. The van der Waals surface area contributed by atoms with E-state index in [1.54, 1.807) is 13.8 Å². The molecule has 2 aromatic rings. The highest BCUT2D eigenvalue weighted by molar-refractivity contribution is 6.27. The highest BCUT2D eigenvalue weighted by atomic mass is 35.5. The Morgan fingerprint density at radius 2 is 1.69 bits per heavy atom. The number of carbonyl (C=O) groups is 2. The molecule has 8 heteroatoms. The minimum Gasteiger partial charge on any atom is -0.492 e. The average molecular weight is 463 g/mol. The standard InChI is InChI=1S/C24H31ClN2O5/c1-24(2,17-28)22(30)23(31)26-12-13-27(21(29)16-25)14-15-32-20-10-8-19(9-11-20)18-6-4-3-5-7-18/h3-11,22,28,30H,12-17H2,1-2H3,(H,26,31)/t22-/m0/s1. The summed E-state index contributed by atoms with van der Waals surface area (Å²) in [5.74, 6) is -0.372. The highest BCUT2D eigenvalue weighted by Crippen LogP contribution is 2.22. The molecular weight excluding hydrogens is 432 g/mol. The van der Waals surface area contributed by atoms with Gasteiger partial charge in [0.1, 0.15) is 24.3 Å². The van der Waals surface area contributed by atoms with Gasteiger partial charge in [-0.1, -0.05) is 56.3 Å². The molecule has 0 spiro atoms. The maximum absolute atomic E-state index is 12.1. The molecule has 0 aliphatic heterocycles. The molecule has 0 aliphatic carbocycles. The summed E-state index contributed by atoms with van der Waals surface area (Å²) in [7, 11) is 0. The monoisotopic (exact) mass is 462 g/mol. The Morgan fingerprint density at radius 1 is 1.06 bits per heavy atom. The molecule has 2 aromatic carbocycles. The van der Waals surface area contributed by atoms with Crippen molar-refractivity contribution in [3.05, 3.63) is 54.6 Å². The molecule has 1 atom stereocenters. The van der Waals surface area contributed by atoms with Gasteiger partial charge in [0.2, 0.25) is 11.8 Å². The van der Waals surface area contributed by atoms with E-state index in [0.717, 1.165) is 11.1 Å². The number of amides is 2. The SMILES string of the molecule is CC(C)(CO)[C@@H](O)C(=O)NCCN(CCOc1ccc(-c2ccccc2)cc1)C(=O)CCl. The largest absolute Gasteiger partial charge is 0.492 e. The van der Waals surface area contributed by atoms with Gasteiger partial charge in [0.25, 0.3) is 0 Å². The molecule has 3 N–H and O–H groups in total. The van der Waals surface area contributed by atoms with Crippen LogP contribution in [0.2, 0.25) is 0 Å². The van der Waals surface area contributed by atoms with Gasteiger partial charge in [0.05, 0.1) is 13.2 Å². The molecular formula is C24H31ClN2O5. The van der Waals surface area contributed by atoms with Crippen molar-refractivity contribution in [2.45, 2.75) is 20.0 Å². The van der Waals surface area contributed by atoms with Gasteiger partial charge in [-0.05, 0) is 23.3 Å². The average Bonchev–Trinajstić information content (AvgIpc) is 2.82. The lowest BCUT2D eigenvalue weighted by atomic mass is 9.87. The topological polar surface area (TPSA) is 99.1 Å². The summed E-state index contributed by atoms with van der Waals surface area (Å²) >= 11 is 5.70. The Bertz CT molecular complexity index is 858. The van der Waals surface area contributed by atoms with E-state index in [4.69, 9.17) is 16.3 Å². The molecule has 0 aromatic heterocycles. The van der Waals surface area contributed by atoms with Crippen molar-refractivity contribution >= 4 is 23.4 Å². The zero-order valence-corrected chi connectivity index (χ0v) is 19.2. The van der Waals surface area contributed by atoms with E-state index in [1.165, 1.54) is 4.90 Å². The second-order valence-corrected chi connectivity index (χ2v) is 8.36. The van der Waals surface area contributed by atoms with E-state index in [2.05, 4.69) is 5.32 Å². The smallest absolute Gasteiger partial charge is 0.249 e. The van der Waals surface area contributed by atoms with Gasteiger partial charge in [0.15, 0.2) is 0 Å². The van der Waals surface area contributed by atoms with Crippen molar-refractivity contribution in [3.63, 3.8) is 0 Å². The summed E-state index contributed by atoms with van der Waals surface area (Å²) in [5.41, 5.74) is 1.24. The summed E-state index contributed by atoms with van der Waals surface area (Å²) < 4.78 is 5.75. The van der Waals surface area contributed by atoms with Crippen molar-refractivity contribution in [2.75, 3.05) is 38.7 Å². The Kier molecular flexibility index (Phi) is 9.97. The number of ether oxygens (including phenoxy) is 1. The summed E-state index contributed by atoms with van der Waals surface area (Å²) in [5, 5.41) is 21.9. The Hall–Kier alpha value is -2.61. The second-order valence-electron chi connectivity index (χ2n) is 8.09. The van der Waals surface area contributed by atoms with Gasteiger partial charge in [-0.15, -0.1) is 11.6 Å². The summed E-state index contributed by atoms with van der Waals surface area (Å²) in [4.78, 5) is 25.7. The first kappa shape index (κ1) is 25.6. The second kappa shape index (κ2) is 12.4. The molecule has 0 saturated carbocycles. The zero-order valence-electron chi connectivity index (χ0n) is 18.5. The summed E-state index contributed by atoms with van der Waals surface area (Å²) in [6, 6.07) is 17.7. The van der Waals surface area contributed by atoms with Crippen molar-refractivity contribution in [1.82, 2.24) is 10.2 Å². The fourth-order valence-corrected chi connectivity index (χ4v) is 3.11. The maximum atomic E-state index is 12.1. The quantitative estimate of drug-likeness (QED) is 0.420. The van der Waals surface area contributed by atoms with Crippen LogP contribution in [-0.4, -0.2) is 71.8 Å².